The lowest BCUT2D eigenvalue weighted by molar-refractivity contribution is 0.768. The van der Waals surface area contributed by atoms with Crippen molar-refractivity contribution in [1.82, 2.24) is 0 Å². The highest BCUT2D eigenvalue weighted by Crippen LogP contribution is 2.55. The van der Waals surface area contributed by atoms with Crippen molar-refractivity contribution in [2.45, 2.75) is 5.41 Å². The molecule has 5 rings (SSSR count). The van der Waals surface area contributed by atoms with Gasteiger partial charge in [-0.1, -0.05) is 107 Å². The maximum absolute atomic E-state index is 3.59. The smallest absolute Gasteiger partial charge is 0.0713 e. The molecule has 0 aromatic heterocycles. The van der Waals surface area contributed by atoms with Crippen LogP contribution in [0.15, 0.2) is 121 Å². The van der Waals surface area contributed by atoms with E-state index in [9.17, 15) is 0 Å². The van der Waals surface area contributed by atoms with E-state index in [2.05, 4.69) is 132 Å². The molecule has 0 radical (unpaired) electrons. The number of benzene rings is 4. The molecule has 0 fully saturated rings. The lowest BCUT2D eigenvalue weighted by atomic mass is 9.68. The van der Waals surface area contributed by atoms with E-state index in [1.54, 1.807) is 0 Å². The molecule has 4 aromatic rings. The summed E-state index contributed by atoms with van der Waals surface area (Å²) in [6.45, 7) is 6.00. The van der Waals surface area contributed by atoms with Gasteiger partial charge in [0.05, 0.1) is 5.41 Å². The van der Waals surface area contributed by atoms with Gasteiger partial charge in [-0.25, -0.2) is 0 Å². The maximum Gasteiger partial charge on any atom is 0.0713 e. The van der Waals surface area contributed by atoms with Gasteiger partial charge < -0.3 is 0 Å². The summed E-state index contributed by atoms with van der Waals surface area (Å²) in [5, 5.41) is 0. The minimum Gasteiger partial charge on any atom is -0.106 e. The highest BCUT2D eigenvalue weighted by atomic mass is 79.9. The van der Waals surface area contributed by atoms with Gasteiger partial charge in [0, 0.05) is 4.47 Å². The number of hydrogen-bond donors (Lipinski definition) is 0. The topological polar surface area (TPSA) is 0 Å². The van der Waals surface area contributed by atoms with Gasteiger partial charge in [-0.15, -0.1) is 13.2 Å². The van der Waals surface area contributed by atoms with Crippen LogP contribution in [0.5, 0.6) is 0 Å². The van der Waals surface area contributed by atoms with E-state index in [1.165, 1.54) is 33.4 Å². The molecule has 0 saturated heterocycles. The number of halogens is 1. The normalized spacial score (nSPS) is 13.0. The van der Waals surface area contributed by atoms with Crippen LogP contribution in [0, 0.1) is 0 Å². The zero-order valence-corrected chi connectivity index (χ0v) is 17.2. The van der Waals surface area contributed by atoms with E-state index in [-0.39, 0.29) is 5.41 Å². The first-order valence-corrected chi connectivity index (χ1v) is 10.1. The second-order valence-corrected chi connectivity index (χ2v) is 7.63. The predicted octanol–water partition coefficient (Wildman–Crippen LogP) is 7.61. The zero-order valence-electron chi connectivity index (χ0n) is 15.6. The average molecular weight is 425 g/mol. The maximum atomic E-state index is 3.59. The lowest BCUT2D eigenvalue weighted by Crippen LogP contribution is -2.28. The Hall–Kier alpha value is -2.90. The van der Waals surface area contributed by atoms with Crippen molar-refractivity contribution in [2.24, 2.45) is 0 Å². The van der Waals surface area contributed by atoms with Crippen LogP contribution in [-0.2, 0) is 5.41 Å². The summed E-state index contributed by atoms with van der Waals surface area (Å²) in [5.74, 6) is 0. The third-order valence-corrected chi connectivity index (χ3v) is 5.97. The third-order valence-electron chi connectivity index (χ3n) is 5.44. The Balaban J connectivity index is 0.000000932. The Labute approximate surface area is 175 Å². The Morgan fingerprint density at radius 3 is 1.46 bits per heavy atom. The monoisotopic (exact) mass is 424 g/mol. The van der Waals surface area contributed by atoms with Crippen molar-refractivity contribution in [3.63, 3.8) is 0 Å². The van der Waals surface area contributed by atoms with Gasteiger partial charge in [-0.3, -0.25) is 0 Å². The van der Waals surface area contributed by atoms with Gasteiger partial charge in [-0.2, -0.15) is 0 Å². The Morgan fingerprint density at radius 2 is 0.929 bits per heavy atom. The van der Waals surface area contributed by atoms with Gasteiger partial charge in [0.2, 0.25) is 0 Å². The summed E-state index contributed by atoms with van der Waals surface area (Å²) in [4.78, 5) is 0. The van der Waals surface area contributed by atoms with Gasteiger partial charge >= 0.3 is 0 Å². The fraction of sp³-hybridized carbons (Fsp3) is 0.0370. The van der Waals surface area contributed by atoms with Crippen molar-refractivity contribution in [3.8, 4) is 11.1 Å². The summed E-state index contributed by atoms with van der Waals surface area (Å²) in [6, 6.07) is 37.3. The van der Waals surface area contributed by atoms with E-state index >= 15 is 0 Å². The van der Waals surface area contributed by atoms with Gasteiger partial charge in [0.25, 0.3) is 0 Å². The van der Waals surface area contributed by atoms with E-state index in [1.807, 2.05) is 0 Å². The molecule has 1 aliphatic rings. The number of rotatable bonds is 2. The Morgan fingerprint density at radius 1 is 0.500 bits per heavy atom. The van der Waals surface area contributed by atoms with Crippen molar-refractivity contribution in [1.29, 1.82) is 0 Å². The van der Waals surface area contributed by atoms with Crippen LogP contribution in [0.25, 0.3) is 11.1 Å². The zero-order chi connectivity index (χ0) is 19.6. The minimum atomic E-state index is -0.283. The molecule has 0 bridgehead atoms. The third kappa shape index (κ3) is 2.66. The summed E-state index contributed by atoms with van der Waals surface area (Å²) < 4.78 is 1.10. The molecule has 0 aliphatic heterocycles. The molecule has 0 atom stereocenters. The molecule has 0 nitrogen and oxygen atoms in total. The number of hydrogen-bond acceptors (Lipinski definition) is 0. The van der Waals surface area contributed by atoms with E-state index < -0.39 is 0 Å². The molecule has 1 heteroatoms. The first kappa shape index (κ1) is 18.5. The number of fused-ring (bicyclic) bond motifs is 3. The standard InChI is InChI=1S/C25H17Br.C2H4/c26-20-16-14-19(15-17-20)25(18-8-2-1-3-9-18)23-12-6-4-10-21(23)22-11-5-7-13-24(22)25;1-2/h1-17H;1-2H2. The molecule has 1 aliphatic carbocycles. The Bertz CT molecular complexity index is 1050. The highest BCUT2D eigenvalue weighted by Gasteiger charge is 2.45. The first-order valence-electron chi connectivity index (χ1n) is 9.33. The van der Waals surface area contributed by atoms with Crippen molar-refractivity contribution < 1.29 is 0 Å². The molecular weight excluding hydrogens is 404 g/mol. The molecule has 4 aromatic carbocycles. The van der Waals surface area contributed by atoms with Crippen LogP contribution in [0.4, 0.5) is 0 Å². The molecule has 0 unspecified atom stereocenters. The van der Waals surface area contributed by atoms with E-state index in [0.717, 1.165) is 4.47 Å². The van der Waals surface area contributed by atoms with Crippen molar-refractivity contribution in [2.75, 3.05) is 0 Å². The quantitative estimate of drug-likeness (QED) is 0.255. The molecule has 28 heavy (non-hydrogen) atoms. The predicted molar refractivity (Wildman–Crippen MR) is 123 cm³/mol. The van der Waals surface area contributed by atoms with Crippen LogP contribution in [-0.4, -0.2) is 0 Å². The van der Waals surface area contributed by atoms with Gasteiger partial charge in [0.1, 0.15) is 0 Å². The molecule has 0 N–H and O–H groups in total. The van der Waals surface area contributed by atoms with Crippen LogP contribution in [0.3, 0.4) is 0 Å². The van der Waals surface area contributed by atoms with Crippen LogP contribution in [0.2, 0.25) is 0 Å². The van der Waals surface area contributed by atoms with Crippen molar-refractivity contribution >= 4 is 15.9 Å². The second kappa shape index (κ2) is 7.61. The summed E-state index contributed by atoms with van der Waals surface area (Å²) >= 11 is 3.59. The van der Waals surface area contributed by atoms with Crippen LogP contribution >= 0.6 is 15.9 Å². The fourth-order valence-electron chi connectivity index (χ4n) is 4.41. The highest BCUT2D eigenvalue weighted by molar-refractivity contribution is 9.10. The van der Waals surface area contributed by atoms with Crippen LogP contribution < -0.4 is 0 Å². The van der Waals surface area contributed by atoms with E-state index in [4.69, 9.17) is 0 Å². The van der Waals surface area contributed by atoms with Gasteiger partial charge in [-0.05, 0) is 45.5 Å². The van der Waals surface area contributed by atoms with Crippen LogP contribution in [0.1, 0.15) is 22.3 Å². The molecule has 136 valence electrons. The lowest BCUT2D eigenvalue weighted by Gasteiger charge is -2.33. The minimum absolute atomic E-state index is 0.283. The average Bonchev–Trinajstić information content (AvgIpc) is 3.08. The molecule has 0 saturated carbocycles. The van der Waals surface area contributed by atoms with Gasteiger partial charge in [0.15, 0.2) is 0 Å². The SMILES string of the molecule is Brc1ccc(C2(c3ccccc3)c3ccccc3-c3ccccc32)cc1.C=C. The first-order chi connectivity index (χ1) is 13.8. The summed E-state index contributed by atoms with van der Waals surface area (Å²) in [5.41, 5.74) is 7.69. The van der Waals surface area contributed by atoms with Crippen molar-refractivity contribution in [3.05, 3.63) is 143 Å². The molecule has 0 heterocycles. The second-order valence-electron chi connectivity index (χ2n) is 6.71. The summed E-state index contributed by atoms with van der Waals surface area (Å²) in [7, 11) is 0. The summed E-state index contributed by atoms with van der Waals surface area (Å²) in [6.07, 6.45) is 0. The Kier molecular flexibility index (Phi) is 5.02. The largest absolute Gasteiger partial charge is 0.106 e. The molecule has 0 spiro atoms. The molecule has 0 amide bonds. The van der Waals surface area contributed by atoms with E-state index in [0.29, 0.717) is 0 Å². The fourth-order valence-corrected chi connectivity index (χ4v) is 4.68. The molecular formula is C27H21Br.